The second kappa shape index (κ2) is 15.0. The summed E-state index contributed by atoms with van der Waals surface area (Å²) in [6, 6.07) is 57.6. The summed E-state index contributed by atoms with van der Waals surface area (Å²) in [6.45, 7) is -7.94. The molecule has 12 rings (SSSR count). The lowest BCUT2D eigenvalue weighted by molar-refractivity contribution is 0.453. The molecule has 0 saturated carbocycles. The maximum absolute atomic E-state index is 9.92. The van der Waals surface area contributed by atoms with Gasteiger partial charge in [0, 0.05) is 55.2 Å². The van der Waals surface area contributed by atoms with E-state index < -0.39 is 48.3 Å². The van der Waals surface area contributed by atoms with E-state index in [0.29, 0.717) is 5.19 Å². The van der Waals surface area contributed by atoms with Gasteiger partial charge in [-0.25, -0.2) is 4.98 Å². The molecule has 2 atom stereocenters. The molecule has 4 aromatic heterocycles. The fraction of sp³-hybridized carbons (Fsp3) is 0.0926. The van der Waals surface area contributed by atoms with Crippen LogP contribution >= 0.6 is 22.7 Å². The molecular weight excluding hydrogens is 883 g/mol. The van der Waals surface area contributed by atoms with E-state index in [1.165, 1.54) is 22.2 Å². The zero-order chi connectivity index (χ0) is 51.5. The molecule has 0 N–H and O–H groups in total. The van der Waals surface area contributed by atoms with E-state index in [1.54, 1.807) is 47.8 Å². The molecule has 5 heterocycles. The number of para-hydroxylation sites is 6. The molecule has 0 spiro atoms. The molecule has 0 radical (unpaired) electrons. The second-order valence-electron chi connectivity index (χ2n) is 16.7. The van der Waals surface area contributed by atoms with Crippen LogP contribution < -0.4 is 36.1 Å². The van der Waals surface area contributed by atoms with Crippen molar-refractivity contribution in [1.82, 2.24) is 23.9 Å². The van der Waals surface area contributed by atoms with Gasteiger partial charge in [-0.05, 0) is 63.2 Å². The van der Waals surface area contributed by atoms with Crippen LogP contribution in [0.25, 0.3) is 33.5 Å². The largest absolute Gasteiger partial charge is 0.457 e. The lowest BCUT2D eigenvalue weighted by atomic mass is 9.98. The Kier molecular flexibility index (Phi) is 7.27. The summed E-state index contributed by atoms with van der Waals surface area (Å²) >= 11 is 2.29. The molecule has 0 saturated heterocycles. The zero-order valence-electron chi connectivity index (χ0n) is 44.0. The maximum atomic E-state index is 9.92. The molecule has 1 aliphatic rings. The number of fused-ring (bicyclic) bond motifs is 7. The summed E-state index contributed by atoms with van der Waals surface area (Å²) < 4.78 is 98.7. The molecule has 0 aliphatic carbocycles. The number of hydrogen-bond donors (Lipinski definition) is 0. The summed E-state index contributed by atoms with van der Waals surface area (Å²) in [7, 11) is -14.3. The fourth-order valence-corrected chi connectivity index (χ4v) is 26.5. The highest BCUT2D eigenvalue weighted by Gasteiger charge is 2.65. The van der Waals surface area contributed by atoms with E-state index in [1.807, 2.05) is 84.9 Å². The van der Waals surface area contributed by atoms with E-state index in [9.17, 15) is 12.3 Å². The van der Waals surface area contributed by atoms with Crippen molar-refractivity contribution in [2.24, 2.45) is 0 Å². The number of thiazole rings is 2. The minimum absolute atomic E-state index is 0.118. The fourth-order valence-electron chi connectivity index (χ4n) is 10.7. The van der Waals surface area contributed by atoms with Gasteiger partial charge in [0.1, 0.15) is 27.6 Å². The van der Waals surface area contributed by atoms with Crippen LogP contribution in [0, 0.1) is 0 Å². The molecule has 0 bridgehead atoms. The molecule has 11 heteroatoms. The Hall–Kier alpha value is -6.48. The summed E-state index contributed by atoms with van der Waals surface area (Å²) in [5.74, 6) is 1.13. The molecule has 6 nitrogen and oxygen atoms in total. The lowest BCUT2D eigenvalue weighted by Gasteiger charge is -2.56. The Balaban J connectivity index is 1.28. The third-order valence-electron chi connectivity index (χ3n) is 13.5. The minimum atomic E-state index is -5.62. The van der Waals surface area contributed by atoms with Gasteiger partial charge in [-0.3, -0.25) is 18.9 Å². The summed E-state index contributed by atoms with van der Waals surface area (Å²) in [5.41, 5.74) is 7.97. The lowest BCUT2D eigenvalue weighted by Crippen LogP contribution is -2.77. The molecule has 7 aromatic carbocycles. The van der Waals surface area contributed by atoms with Gasteiger partial charge in [0.05, 0.1) is 33.1 Å². The summed E-state index contributed by atoms with van der Waals surface area (Å²) in [5, 5.41) is 6.74. The van der Waals surface area contributed by atoms with E-state index in [2.05, 4.69) is 69.6 Å². The highest BCUT2D eigenvalue weighted by Crippen LogP contribution is 2.56. The van der Waals surface area contributed by atoms with E-state index in [-0.39, 0.29) is 33.3 Å². The van der Waals surface area contributed by atoms with Crippen molar-refractivity contribution >= 4 is 106 Å². The zero-order valence-corrected chi connectivity index (χ0v) is 39.6. The summed E-state index contributed by atoms with van der Waals surface area (Å²) in [4.78, 5) is 14.7. The van der Waals surface area contributed by atoms with Crippen molar-refractivity contribution in [1.29, 1.82) is 0 Å². The standard InChI is InChI=1S/C54H45N5OS2Si3/c1-63(2,50-34-61-36-55-50)54(64(3,4)51-35-62-37-56-51)42-25-11-16-31-48(42)60-52-43(54)26-18-32-49(52)65(39-20-7-5-8-21-39,40-22-9-6-10-23-40)41-24-17-19-38(33-41)58-46-29-14-15-30-47(46)59-45-28-13-12-27-44(45)57-53(58)59/h5-37H,1-4H3/i1D3,2D3,3D3. The van der Waals surface area contributed by atoms with Crippen molar-refractivity contribution < 1.29 is 17.1 Å². The molecule has 316 valence electrons. The number of hydrogen-bond acceptors (Lipinski definition) is 6. The van der Waals surface area contributed by atoms with Gasteiger partial charge in [-0.2, -0.15) is 0 Å². The highest BCUT2D eigenvalue weighted by molar-refractivity contribution is 7.20. The smallest absolute Gasteiger partial charge is 0.220 e. The molecule has 0 amide bonds. The second-order valence-corrected chi connectivity index (χ2v) is 28.7. The monoisotopic (exact) mass is 936 g/mol. The Morgan fingerprint density at radius 3 is 1.85 bits per heavy atom. The molecular formula is C54H45N5OS2Si3. The van der Waals surface area contributed by atoms with Crippen molar-refractivity contribution in [2.45, 2.75) is 30.6 Å². The average molecular weight is 937 g/mol. The van der Waals surface area contributed by atoms with Crippen LogP contribution in [0.1, 0.15) is 23.5 Å². The van der Waals surface area contributed by atoms with Gasteiger partial charge in [0.15, 0.2) is 8.07 Å². The molecule has 1 aliphatic heterocycles. The van der Waals surface area contributed by atoms with Gasteiger partial charge >= 0.3 is 0 Å². The summed E-state index contributed by atoms with van der Waals surface area (Å²) in [6.07, 6.45) is 0. The van der Waals surface area contributed by atoms with Crippen LogP contribution in [-0.4, -0.2) is 48.1 Å². The van der Waals surface area contributed by atoms with Crippen LogP contribution in [-0.2, 0) is 4.66 Å². The normalized spacial score (nSPS) is 18.6. The predicted octanol–water partition coefficient (Wildman–Crippen LogP) is 9.42. The Bertz CT molecular complexity index is 3850. The Morgan fingerprint density at radius 2 is 1.15 bits per heavy atom. The minimum Gasteiger partial charge on any atom is -0.457 e. The van der Waals surface area contributed by atoms with Crippen LogP contribution in [0.3, 0.4) is 0 Å². The molecule has 2 unspecified atom stereocenters. The number of imidazole rings is 2. The topological polar surface area (TPSA) is 57.2 Å². The number of ether oxygens (including phenoxy) is 1. The Morgan fingerprint density at radius 1 is 0.569 bits per heavy atom. The number of nitrogens with zero attached hydrogens (tertiary/aromatic N) is 5. The van der Waals surface area contributed by atoms with Crippen molar-refractivity contribution in [3.05, 3.63) is 209 Å². The van der Waals surface area contributed by atoms with Crippen molar-refractivity contribution in [3.8, 4) is 17.2 Å². The van der Waals surface area contributed by atoms with Crippen molar-refractivity contribution in [3.63, 3.8) is 0 Å². The van der Waals surface area contributed by atoms with Crippen LogP contribution in [0.4, 0.5) is 0 Å². The Labute approximate surface area is 401 Å². The van der Waals surface area contributed by atoms with E-state index in [4.69, 9.17) is 19.7 Å². The number of aromatic nitrogens is 5. The van der Waals surface area contributed by atoms with E-state index >= 15 is 0 Å². The third-order valence-corrected chi connectivity index (χ3v) is 28.5. The van der Waals surface area contributed by atoms with Crippen molar-refractivity contribution in [2.75, 3.05) is 0 Å². The van der Waals surface area contributed by atoms with Gasteiger partial charge < -0.3 is 4.74 Å². The number of rotatable bonds is 9. The first-order valence-corrected chi connectivity index (χ1v) is 29.7. The molecule has 0 fully saturated rings. The van der Waals surface area contributed by atoms with Gasteiger partial charge in [0.2, 0.25) is 5.78 Å². The first kappa shape index (κ1) is 31.4. The van der Waals surface area contributed by atoms with E-state index in [0.717, 1.165) is 60.4 Å². The van der Waals surface area contributed by atoms with Crippen LogP contribution in [0.5, 0.6) is 11.5 Å². The van der Waals surface area contributed by atoms with Gasteiger partial charge in [0.25, 0.3) is 0 Å². The predicted molar refractivity (Wildman–Crippen MR) is 279 cm³/mol. The van der Waals surface area contributed by atoms with Crippen LogP contribution in [0.15, 0.2) is 198 Å². The SMILES string of the molecule is [2H]C([2H])([2H])[Si](C)(c1cscn1)C1([Si](c2cscn2)(C([2H])([2H])[2H])C([2H])([2H])[2H])c2ccccc2Oc2c1cccc2[Si](c1ccccc1)(c1ccccc1)c1cccc(-n2c3ccccc3n3c4ccccc4nc23)c1. The highest BCUT2D eigenvalue weighted by atomic mass is 32.1. The van der Waals surface area contributed by atoms with Crippen LogP contribution in [0.2, 0.25) is 26.0 Å². The maximum Gasteiger partial charge on any atom is 0.220 e. The quantitative estimate of drug-likeness (QED) is 0.107. The molecule has 65 heavy (non-hydrogen) atoms. The van der Waals surface area contributed by atoms with Gasteiger partial charge in [-0.1, -0.05) is 159 Å². The molecule has 11 aromatic rings. The van der Waals surface area contributed by atoms with Gasteiger partial charge in [-0.15, -0.1) is 22.7 Å². The average Bonchev–Trinajstić information content (AvgIpc) is 4.23. The number of benzene rings is 7. The third kappa shape index (κ3) is 5.56. The first-order chi connectivity index (χ1) is 35.5. The first-order valence-electron chi connectivity index (χ1n) is 25.8.